The highest BCUT2D eigenvalue weighted by atomic mass is 16.6. The molecule has 1 aromatic rings. The second-order valence-electron chi connectivity index (χ2n) is 9.82. The van der Waals surface area contributed by atoms with E-state index in [-0.39, 0.29) is 43.7 Å². The van der Waals surface area contributed by atoms with E-state index in [1.807, 2.05) is 58.0 Å². The van der Waals surface area contributed by atoms with Crippen LogP contribution >= 0.6 is 0 Å². The zero-order valence-electron chi connectivity index (χ0n) is 24.4. The van der Waals surface area contributed by atoms with Gasteiger partial charge in [0, 0.05) is 6.42 Å². The number of carbonyl (C=O) groups excluding carboxylic acids is 3. The highest BCUT2D eigenvalue weighted by Crippen LogP contribution is 2.19. The zero-order chi connectivity index (χ0) is 30.0. The summed E-state index contributed by atoms with van der Waals surface area (Å²) in [5, 5.41) is 21.8. The Kier molecular flexibility index (Phi) is 17.7. The van der Waals surface area contributed by atoms with E-state index >= 15 is 0 Å². The second-order valence-corrected chi connectivity index (χ2v) is 9.82. The van der Waals surface area contributed by atoms with Gasteiger partial charge in [-0.2, -0.15) is 0 Å². The summed E-state index contributed by atoms with van der Waals surface area (Å²) in [6, 6.07) is 8.52. The van der Waals surface area contributed by atoms with Crippen LogP contribution in [0.5, 0.6) is 0 Å². The Morgan fingerprint density at radius 1 is 1.10 bits per heavy atom. The number of alkyl carbamates (subject to hydrolysis) is 1. The van der Waals surface area contributed by atoms with E-state index in [1.165, 1.54) is 13.8 Å². The topological polar surface area (TPSA) is 143 Å². The molecule has 0 radical (unpaired) electrons. The van der Waals surface area contributed by atoms with Crippen LogP contribution in [-0.4, -0.2) is 58.8 Å². The van der Waals surface area contributed by atoms with Gasteiger partial charge >= 0.3 is 12.1 Å². The normalized spacial score (nSPS) is 17.8. The van der Waals surface area contributed by atoms with Crippen LogP contribution in [0.25, 0.3) is 0 Å². The van der Waals surface area contributed by atoms with Crippen molar-refractivity contribution in [3.8, 4) is 0 Å². The maximum atomic E-state index is 12.8. The maximum absolute atomic E-state index is 12.8. The molecule has 1 fully saturated rings. The van der Waals surface area contributed by atoms with E-state index in [1.54, 1.807) is 13.1 Å². The molecule has 10 nitrogen and oxygen atoms in total. The minimum atomic E-state index is -1.50. The number of esters is 1. The number of ether oxygens (including phenoxy) is 3. The Morgan fingerprint density at radius 3 is 2.23 bits per heavy atom. The molecule has 10 heteroatoms. The Hall–Kier alpha value is -2.95. The molecule has 1 heterocycles. The lowest BCUT2D eigenvalue weighted by atomic mass is 9.93. The van der Waals surface area contributed by atoms with Crippen LogP contribution in [0, 0.1) is 11.8 Å². The number of Topliss-reactive ketones (excluding diaryl/α,β-unsaturated/α-hetero) is 1. The molecule has 0 aromatic heterocycles. The summed E-state index contributed by atoms with van der Waals surface area (Å²) in [5.74, 6) is -2.99. The van der Waals surface area contributed by atoms with Gasteiger partial charge < -0.3 is 35.1 Å². The molecular weight excluding hydrogens is 504 g/mol. The molecular formula is C29H48N2O8. The summed E-state index contributed by atoms with van der Waals surface area (Å²) in [4.78, 5) is 37.3. The van der Waals surface area contributed by atoms with Gasteiger partial charge in [0.15, 0.2) is 11.6 Å². The monoisotopic (exact) mass is 552 g/mol. The number of nitrogens with one attached hydrogen (secondary N) is 2. The largest absolute Gasteiger partial charge is 0.463 e. The molecule has 2 rings (SSSR count). The first kappa shape index (κ1) is 36.0. The summed E-state index contributed by atoms with van der Waals surface area (Å²) in [6.07, 6.45) is 2.16. The lowest BCUT2D eigenvalue weighted by Gasteiger charge is -2.22. The van der Waals surface area contributed by atoms with Crippen LogP contribution in [0.1, 0.15) is 73.3 Å². The molecule has 1 aliphatic rings. The third kappa shape index (κ3) is 17.3. The molecule has 0 bridgehead atoms. The standard InChI is InChI=1S/C24H34N2O6.C3H8O2.C2H6/c1-5-25-21-12-11-19(32-21)15-30-23(28)17(4)13-20(27)22(16(2)3)26-24(29)31-14-18-9-7-6-8-10-18;1-3(2,4)5;1-2/h5-10,16-17,19,21-22,25H,1,11-15H2,2-4H3,(H,26,29);4-5H,1-2H3;1-2H3. The van der Waals surface area contributed by atoms with Crippen molar-refractivity contribution < 1.29 is 38.8 Å². The lowest BCUT2D eigenvalue weighted by molar-refractivity contribution is -0.153. The Morgan fingerprint density at radius 2 is 1.69 bits per heavy atom. The van der Waals surface area contributed by atoms with E-state index in [4.69, 9.17) is 24.4 Å². The molecule has 1 aromatic carbocycles. The molecule has 1 aliphatic heterocycles. The molecule has 0 saturated carbocycles. The van der Waals surface area contributed by atoms with Gasteiger partial charge in [-0.1, -0.05) is 71.5 Å². The number of rotatable bonds is 12. The molecule has 1 amide bonds. The highest BCUT2D eigenvalue weighted by Gasteiger charge is 2.30. The smallest absolute Gasteiger partial charge is 0.408 e. The fourth-order valence-electron chi connectivity index (χ4n) is 3.42. The van der Waals surface area contributed by atoms with Crippen molar-refractivity contribution in [1.82, 2.24) is 10.6 Å². The van der Waals surface area contributed by atoms with Crippen molar-refractivity contribution in [1.29, 1.82) is 0 Å². The third-order valence-corrected chi connectivity index (χ3v) is 5.23. The number of carbonyl (C=O) groups is 3. The van der Waals surface area contributed by atoms with Crippen molar-refractivity contribution in [2.75, 3.05) is 6.61 Å². The van der Waals surface area contributed by atoms with Crippen LogP contribution in [0.4, 0.5) is 4.79 Å². The van der Waals surface area contributed by atoms with Crippen molar-refractivity contribution in [3.05, 3.63) is 48.7 Å². The van der Waals surface area contributed by atoms with E-state index in [0.29, 0.717) is 0 Å². The summed E-state index contributed by atoms with van der Waals surface area (Å²) in [5.41, 5.74) is 0.851. The molecule has 0 spiro atoms. The maximum Gasteiger partial charge on any atom is 0.408 e. The highest BCUT2D eigenvalue weighted by molar-refractivity contribution is 5.90. The molecule has 222 valence electrons. The minimum Gasteiger partial charge on any atom is -0.463 e. The number of amides is 1. The Balaban J connectivity index is 0.00000185. The molecule has 4 N–H and O–H groups in total. The van der Waals surface area contributed by atoms with E-state index in [9.17, 15) is 14.4 Å². The van der Waals surface area contributed by atoms with Gasteiger partial charge in [0.05, 0.1) is 18.1 Å². The van der Waals surface area contributed by atoms with Gasteiger partial charge in [0.25, 0.3) is 0 Å². The Bertz CT molecular complexity index is 849. The summed E-state index contributed by atoms with van der Waals surface area (Å²) < 4.78 is 16.2. The predicted octanol–water partition coefficient (Wildman–Crippen LogP) is 4.05. The SMILES string of the molecule is C=CNC1CCC(COC(=O)C(C)CC(=O)C(NC(=O)OCc2ccccc2)C(C)C)O1.CC.CC(C)(O)O. The summed E-state index contributed by atoms with van der Waals surface area (Å²) >= 11 is 0. The molecule has 4 unspecified atom stereocenters. The van der Waals surface area contributed by atoms with Gasteiger partial charge in [-0.05, 0) is 44.4 Å². The first-order valence-corrected chi connectivity index (χ1v) is 13.4. The average molecular weight is 553 g/mol. The quantitative estimate of drug-likeness (QED) is 0.223. The van der Waals surface area contributed by atoms with Crippen molar-refractivity contribution in [2.45, 2.75) is 98.5 Å². The zero-order valence-corrected chi connectivity index (χ0v) is 24.4. The van der Waals surface area contributed by atoms with Crippen LogP contribution in [0.3, 0.4) is 0 Å². The van der Waals surface area contributed by atoms with Gasteiger partial charge in [-0.25, -0.2) is 4.79 Å². The number of aliphatic hydroxyl groups is 2. The minimum absolute atomic E-state index is 0.0349. The van der Waals surface area contributed by atoms with Crippen molar-refractivity contribution in [2.24, 2.45) is 11.8 Å². The van der Waals surface area contributed by atoms with Crippen LogP contribution < -0.4 is 10.6 Å². The number of benzene rings is 1. The van der Waals surface area contributed by atoms with E-state index in [0.717, 1.165) is 18.4 Å². The van der Waals surface area contributed by atoms with Crippen LogP contribution in [0.15, 0.2) is 43.1 Å². The van der Waals surface area contributed by atoms with E-state index in [2.05, 4.69) is 17.2 Å². The van der Waals surface area contributed by atoms with Gasteiger partial charge in [0.1, 0.15) is 19.4 Å². The molecule has 1 saturated heterocycles. The van der Waals surface area contributed by atoms with E-state index < -0.39 is 29.8 Å². The van der Waals surface area contributed by atoms with Gasteiger partial charge in [0.2, 0.25) is 0 Å². The molecule has 4 atom stereocenters. The van der Waals surface area contributed by atoms with Crippen molar-refractivity contribution >= 4 is 17.8 Å². The van der Waals surface area contributed by atoms with Crippen LogP contribution in [0.2, 0.25) is 0 Å². The first-order chi connectivity index (χ1) is 18.3. The lowest BCUT2D eigenvalue weighted by Crippen LogP contribution is -2.45. The van der Waals surface area contributed by atoms with Crippen molar-refractivity contribution in [3.63, 3.8) is 0 Å². The average Bonchev–Trinajstić information content (AvgIpc) is 3.32. The third-order valence-electron chi connectivity index (χ3n) is 5.23. The molecule has 0 aliphatic carbocycles. The van der Waals surface area contributed by atoms with Crippen LogP contribution in [-0.2, 0) is 30.4 Å². The second kappa shape index (κ2) is 19.2. The number of ketones is 1. The summed E-state index contributed by atoms with van der Waals surface area (Å²) in [7, 11) is 0. The van der Waals surface area contributed by atoms with Gasteiger partial charge in [-0.3, -0.25) is 9.59 Å². The fraction of sp³-hybridized carbons (Fsp3) is 0.621. The Labute approximate surface area is 233 Å². The summed E-state index contributed by atoms with van der Waals surface area (Å²) in [6.45, 7) is 15.7. The number of hydrogen-bond acceptors (Lipinski definition) is 9. The van der Waals surface area contributed by atoms with Gasteiger partial charge in [-0.15, -0.1) is 0 Å². The molecule has 39 heavy (non-hydrogen) atoms. The fourth-order valence-corrected chi connectivity index (χ4v) is 3.42. The predicted molar refractivity (Wildman–Crippen MR) is 149 cm³/mol. The first-order valence-electron chi connectivity index (χ1n) is 13.4. The number of hydrogen-bond donors (Lipinski definition) is 4.